The number of rotatable bonds is 17. The molecular formula is C34H53N5O4S. The Morgan fingerprint density at radius 2 is 1.86 bits per heavy atom. The zero-order chi connectivity index (χ0) is 32.2. The summed E-state index contributed by atoms with van der Waals surface area (Å²) in [6.07, 6.45) is 4.73. The van der Waals surface area contributed by atoms with Crippen molar-refractivity contribution in [2.75, 3.05) is 20.2 Å². The van der Waals surface area contributed by atoms with Crippen molar-refractivity contribution in [2.45, 2.75) is 111 Å². The number of hydrazine groups is 1. The van der Waals surface area contributed by atoms with Crippen LogP contribution in [-0.4, -0.2) is 59.9 Å². The SMILES string of the molecule is CCCO[C@H](CC(C(C)C)N(CCC)C(=O)C[C@@H](C)CC)c1nc(C(=O)N[C@H]2Cc3ccccc3[C@H](C(=O)NNC)C2)cs1. The van der Waals surface area contributed by atoms with Gasteiger partial charge in [0.15, 0.2) is 0 Å². The van der Waals surface area contributed by atoms with Crippen LogP contribution < -0.4 is 16.2 Å². The van der Waals surface area contributed by atoms with E-state index in [9.17, 15) is 14.4 Å². The Morgan fingerprint density at radius 1 is 1.11 bits per heavy atom. The fourth-order valence-electron chi connectivity index (χ4n) is 5.94. The second-order valence-corrected chi connectivity index (χ2v) is 13.3. The Kier molecular flexibility index (Phi) is 14.3. The molecule has 1 aliphatic rings. The molecule has 0 saturated carbocycles. The smallest absolute Gasteiger partial charge is 0.270 e. The maximum absolute atomic E-state index is 13.4. The summed E-state index contributed by atoms with van der Waals surface area (Å²) in [6.45, 7) is 14.0. The van der Waals surface area contributed by atoms with Gasteiger partial charge in [-0.3, -0.25) is 19.8 Å². The van der Waals surface area contributed by atoms with Crippen LogP contribution in [0.4, 0.5) is 0 Å². The summed E-state index contributed by atoms with van der Waals surface area (Å²) in [7, 11) is 1.67. The Balaban J connectivity index is 1.78. The van der Waals surface area contributed by atoms with Gasteiger partial charge in [-0.15, -0.1) is 11.3 Å². The number of thiazole rings is 1. The second-order valence-electron chi connectivity index (χ2n) is 12.4. The van der Waals surface area contributed by atoms with Gasteiger partial charge in [-0.05, 0) is 48.6 Å². The van der Waals surface area contributed by atoms with Crippen molar-refractivity contribution in [3.05, 3.63) is 51.5 Å². The van der Waals surface area contributed by atoms with Gasteiger partial charge >= 0.3 is 0 Å². The summed E-state index contributed by atoms with van der Waals surface area (Å²) >= 11 is 1.43. The summed E-state index contributed by atoms with van der Waals surface area (Å²) in [5, 5.41) is 5.68. The van der Waals surface area contributed by atoms with Gasteiger partial charge in [-0.1, -0.05) is 72.2 Å². The Labute approximate surface area is 267 Å². The quantitative estimate of drug-likeness (QED) is 0.192. The van der Waals surface area contributed by atoms with E-state index in [0.29, 0.717) is 50.4 Å². The lowest BCUT2D eigenvalue weighted by atomic mass is 9.79. The summed E-state index contributed by atoms with van der Waals surface area (Å²) in [4.78, 5) is 46.5. The predicted molar refractivity (Wildman–Crippen MR) is 176 cm³/mol. The molecule has 1 heterocycles. The van der Waals surface area contributed by atoms with Crippen LogP contribution in [0.25, 0.3) is 0 Å². The molecular weight excluding hydrogens is 574 g/mol. The molecule has 0 saturated heterocycles. The van der Waals surface area contributed by atoms with Gasteiger partial charge in [-0.2, -0.15) is 0 Å². The Hall–Kier alpha value is -2.82. The molecule has 0 bridgehead atoms. The average molecular weight is 628 g/mol. The molecule has 10 heteroatoms. The number of carbonyl (C=O) groups is 3. The lowest BCUT2D eigenvalue weighted by Crippen LogP contribution is -2.45. The number of hydrogen-bond donors (Lipinski definition) is 3. The van der Waals surface area contributed by atoms with Crippen molar-refractivity contribution >= 4 is 29.1 Å². The predicted octanol–water partition coefficient (Wildman–Crippen LogP) is 5.78. The van der Waals surface area contributed by atoms with Gasteiger partial charge in [0, 0.05) is 50.5 Å². The van der Waals surface area contributed by atoms with Gasteiger partial charge in [0.2, 0.25) is 11.8 Å². The van der Waals surface area contributed by atoms with Crippen molar-refractivity contribution in [2.24, 2.45) is 11.8 Å². The lowest BCUT2D eigenvalue weighted by Gasteiger charge is -2.37. The lowest BCUT2D eigenvalue weighted by molar-refractivity contribution is -0.136. The van der Waals surface area contributed by atoms with E-state index in [0.717, 1.165) is 35.4 Å². The molecule has 3 N–H and O–H groups in total. The second kappa shape index (κ2) is 17.6. The van der Waals surface area contributed by atoms with Gasteiger partial charge in [0.05, 0.1) is 5.92 Å². The normalized spacial score (nSPS) is 18.3. The highest BCUT2D eigenvalue weighted by Gasteiger charge is 2.34. The number of ether oxygens (including phenoxy) is 1. The molecule has 5 atom stereocenters. The van der Waals surface area contributed by atoms with Gasteiger partial charge in [0.25, 0.3) is 5.91 Å². The standard InChI is InChI=1S/C34H53N5O4S/c1-8-15-39(31(40)17-23(6)10-3)29(22(4)5)20-30(43-16-9-2)34-37-28(21-44-34)33(42)36-25-18-24-13-11-12-14-26(24)27(19-25)32(41)38-35-7/h11-14,21-23,25,27,29-30,35H,8-10,15-20H2,1-7H3,(H,36,42)(H,38,41)/t23-,25-,27+,29?,30+/m0/s1. The summed E-state index contributed by atoms with van der Waals surface area (Å²) < 4.78 is 6.34. The molecule has 3 amide bonds. The molecule has 0 radical (unpaired) electrons. The van der Waals surface area contributed by atoms with Crippen LogP contribution in [0.2, 0.25) is 0 Å². The number of benzene rings is 1. The first kappa shape index (κ1) is 35.7. The molecule has 0 fully saturated rings. The van der Waals surface area contributed by atoms with E-state index >= 15 is 0 Å². The van der Waals surface area contributed by atoms with E-state index in [2.05, 4.69) is 62.6 Å². The van der Waals surface area contributed by atoms with Crippen molar-refractivity contribution < 1.29 is 19.1 Å². The highest BCUT2D eigenvalue weighted by Crippen LogP contribution is 2.33. The van der Waals surface area contributed by atoms with E-state index in [1.165, 1.54) is 11.3 Å². The monoisotopic (exact) mass is 627 g/mol. The van der Waals surface area contributed by atoms with Crippen LogP contribution >= 0.6 is 11.3 Å². The molecule has 9 nitrogen and oxygen atoms in total. The number of nitrogens with zero attached hydrogens (tertiary/aromatic N) is 2. The molecule has 2 aromatic rings. The zero-order valence-corrected chi connectivity index (χ0v) is 28.5. The third-order valence-corrected chi connectivity index (χ3v) is 9.44. The summed E-state index contributed by atoms with van der Waals surface area (Å²) in [6, 6.07) is 7.70. The third kappa shape index (κ3) is 9.59. The van der Waals surface area contributed by atoms with Gasteiger partial charge < -0.3 is 15.0 Å². The number of nitrogens with one attached hydrogen (secondary N) is 3. The highest BCUT2D eigenvalue weighted by molar-refractivity contribution is 7.09. The Morgan fingerprint density at radius 3 is 2.52 bits per heavy atom. The molecule has 1 unspecified atom stereocenters. The largest absolute Gasteiger partial charge is 0.371 e. The number of hydrogen-bond acceptors (Lipinski definition) is 7. The van der Waals surface area contributed by atoms with Crippen LogP contribution in [-0.2, 0) is 20.7 Å². The maximum atomic E-state index is 13.4. The van der Waals surface area contributed by atoms with E-state index in [4.69, 9.17) is 9.72 Å². The number of carbonyl (C=O) groups excluding carboxylic acids is 3. The minimum absolute atomic E-state index is 0.00228. The maximum Gasteiger partial charge on any atom is 0.270 e. The summed E-state index contributed by atoms with van der Waals surface area (Å²) in [5.74, 6) is 0.0372. The van der Waals surface area contributed by atoms with Crippen LogP contribution in [0.5, 0.6) is 0 Å². The van der Waals surface area contributed by atoms with E-state index in [-0.39, 0.29) is 47.7 Å². The van der Waals surface area contributed by atoms with Gasteiger partial charge in [0.1, 0.15) is 16.8 Å². The molecule has 44 heavy (non-hydrogen) atoms. The van der Waals surface area contributed by atoms with Crippen molar-refractivity contribution in [1.82, 2.24) is 26.1 Å². The van der Waals surface area contributed by atoms with Crippen molar-refractivity contribution in [3.8, 4) is 0 Å². The van der Waals surface area contributed by atoms with Crippen molar-refractivity contribution in [3.63, 3.8) is 0 Å². The van der Waals surface area contributed by atoms with Gasteiger partial charge in [-0.25, -0.2) is 10.4 Å². The van der Waals surface area contributed by atoms with E-state index in [1.54, 1.807) is 12.4 Å². The minimum Gasteiger partial charge on any atom is -0.371 e. The summed E-state index contributed by atoms with van der Waals surface area (Å²) in [5.41, 5.74) is 7.84. The minimum atomic E-state index is -0.363. The first-order chi connectivity index (χ1) is 21.1. The van der Waals surface area contributed by atoms with E-state index in [1.807, 2.05) is 24.3 Å². The molecule has 244 valence electrons. The van der Waals surface area contributed by atoms with Crippen LogP contribution in [0.15, 0.2) is 29.6 Å². The van der Waals surface area contributed by atoms with Crippen LogP contribution in [0.1, 0.15) is 119 Å². The molecule has 3 rings (SSSR count). The Bertz CT molecular complexity index is 1220. The number of aromatic nitrogens is 1. The molecule has 1 aliphatic carbocycles. The first-order valence-electron chi connectivity index (χ1n) is 16.3. The average Bonchev–Trinajstić information content (AvgIpc) is 3.50. The van der Waals surface area contributed by atoms with Crippen LogP contribution in [0.3, 0.4) is 0 Å². The van der Waals surface area contributed by atoms with E-state index < -0.39 is 0 Å². The van der Waals surface area contributed by atoms with Crippen molar-refractivity contribution in [1.29, 1.82) is 0 Å². The molecule has 0 spiro atoms. The topological polar surface area (TPSA) is 113 Å². The number of fused-ring (bicyclic) bond motifs is 1. The fraction of sp³-hybridized carbons (Fsp3) is 0.647. The fourth-order valence-corrected chi connectivity index (χ4v) is 6.80. The first-order valence-corrected chi connectivity index (χ1v) is 17.2. The van der Waals surface area contributed by atoms with Crippen LogP contribution in [0, 0.1) is 11.8 Å². The molecule has 1 aromatic heterocycles. The molecule has 1 aromatic carbocycles. The highest BCUT2D eigenvalue weighted by atomic mass is 32.1. The zero-order valence-electron chi connectivity index (χ0n) is 27.7. The molecule has 0 aliphatic heterocycles. The third-order valence-electron chi connectivity index (χ3n) is 8.50. The number of amides is 3.